The highest BCUT2D eigenvalue weighted by Crippen LogP contribution is 2.34. The fraction of sp³-hybridized carbons (Fsp3) is 0.903. The Labute approximate surface area is 314 Å². The number of nitrogens with one attached hydrogen (secondary N) is 4. The van der Waals surface area contributed by atoms with Gasteiger partial charge in [0, 0.05) is 20.8 Å². The summed E-state index contributed by atoms with van der Waals surface area (Å²) in [4.78, 5) is 36.4. The summed E-state index contributed by atoms with van der Waals surface area (Å²) in [5.74, 6) is -2.08. The Kier molecular flexibility index (Phi) is 16.4. The molecule has 20 atom stereocenters. The lowest BCUT2D eigenvalue weighted by atomic mass is 9.93. The van der Waals surface area contributed by atoms with E-state index in [9.17, 15) is 65.4 Å². The summed E-state index contributed by atoms with van der Waals surface area (Å²) in [5.41, 5.74) is 0. The highest BCUT2D eigenvalue weighted by molar-refractivity contribution is 5.74. The quantitative estimate of drug-likeness (QED) is 0.0775. The minimum absolute atomic E-state index is 0.652. The van der Waals surface area contributed by atoms with Crippen LogP contribution in [-0.2, 0) is 47.5 Å². The Balaban J connectivity index is 1.60. The van der Waals surface area contributed by atoms with Gasteiger partial charge in [-0.2, -0.15) is 0 Å². The molecule has 14 N–H and O–H groups in total. The molecule has 0 aromatic carbocycles. The minimum atomic E-state index is -1.86. The molecule has 0 aliphatic carbocycles. The predicted octanol–water partition coefficient (Wildman–Crippen LogP) is -9.09. The number of rotatable bonds is 14. The van der Waals surface area contributed by atoms with Crippen LogP contribution in [0.4, 0.5) is 0 Å². The molecular weight excluding hydrogens is 748 g/mol. The number of carbonyl (C=O) groups excluding carboxylic acids is 3. The van der Waals surface area contributed by atoms with Crippen molar-refractivity contribution in [1.29, 1.82) is 0 Å². The van der Waals surface area contributed by atoms with Gasteiger partial charge in [-0.3, -0.25) is 14.4 Å². The van der Waals surface area contributed by atoms with Crippen molar-refractivity contribution >= 4 is 17.7 Å². The lowest BCUT2D eigenvalue weighted by Crippen LogP contribution is -2.71. The number of likely N-dealkylation sites (N-methyl/N-ethyl adjacent to an activating group) is 1. The molecular formula is C31H54N4O20. The maximum Gasteiger partial charge on any atom is 0.217 e. The van der Waals surface area contributed by atoms with Crippen LogP contribution in [0.1, 0.15) is 20.8 Å². The number of hydrogen-bond donors (Lipinski definition) is 14. The van der Waals surface area contributed by atoms with Crippen LogP contribution in [0.5, 0.6) is 0 Å². The Hall–Kier alpha value is -2.31. The van der Waals surface area contributed by atoms with Gasteiger partial charge in [-0.25, -0.2) is 0 Å². The summed E-state index contributed by atoms with van der Waals surface area (Å²) < 4.78 is 40.7. The van der Waals surface area contributed by atoms with Gasteiger partial charge in [0.05, 0.1) is 32.5 Å². The maximum atomic E-state index is 12.4. The van der Waals surface area contributed by atoms with Crippen molar-refractivity contribution in [3.8, 4) is 0 Å². The average molecular weight is 803 g/mol. The van der Waals surface area contributed by atoms with E-state index in [0.29, 0.717) is 0 Å². The van der Waals surface area contributed by atoms with E-state index in [2.05, 4.69) is 21.3 Å². The van der Waals surface area contributed by atoms with Gasteiger partial charge < -0.3 is 105 Å². The van der Waals surface area contributed by atoms with Crippen LogP contribution < -0.4 is 21.3 Å². The summed E-state index contributed by atoms with van der Waals surface area (Å²) in [6, 6.07) is -5.67. The number of aliphatic hydroxyl groups is 10. The summed E-state index contributed by atoms with van der Waals surface area (Å²) >= 11 is 0. The van der Waals surface area contributed by atoms with Crippen molar-refractivity contribution in [2.45, 2.75) is 143 Å². The van der Waals surface area contributed by atoms with Gasteiger partial charge >= 0.3 is 0 Å². The first-order valence-electron chi connectivity index (χ1n) is 17.6. The molecule has 0 saturated carbocycles. The van der Waals surface area contributed by atoms with E-state index < -0.39 is 167 Å². The van der Waals surface area contributed by atoms with E-state index in [4.69, 9.17) is 33.2 Å². The zero-order chi connectivity index (χ0) is 40.9. The molecule has 4 rings (SSSR count). The summed E-state index contributed by atoms with van der Waals surface area (Å²) in [5, 5.41) is 116. The topological polar surface area (TPSA) is 366 Å². The minimum Gasteiger partial charge on any atom is -0.394 e. The molecule has 0 aromatic heterocycles. The maximum absolute atomic E-state index is 12.4. The predicted molar refractivity (Wildman–Crippen MR) is 176 cm³/mol. The van der Waals surface area contributed by atoms with E-state index in [1.165, 1.54) is 7.05 Å². The van der Waals surface area contributed by atoms with Crippen LogP contribution in [0.3, 0.4) is 0 Å². The Morgan fingerprint density at radius 1 is 0.473 bits per heavy atom. The Bertz CT molecular complexity index is 1270. The lowest BCUT2D eigenvalue weighted by molar-refractivity contribution is -0.362. The van der Waals surface area contributed by atoms with Gasteiger partial charge in [0.1, 0.15) is 91.4 Å². The first-order chi connectivity index (χ1) is 26.0. The molecule has 318 valence electrons. The third-order valence-corrected chi connectivity index (χ3v) is 9.78. The number of aliphatic hydroxyl groups excluding tert-OH is 10. The van der Waals surface area contributed by atoms with Crippen molar-refractivity contribution in [2.24, 2.45) is 0 Å². The standard InChI is InChI=1S/C31H54N4O20/c1-9(40)33-16-22(45)25(13(6-37)49-28(16)48)54-30-19(35-11(3)42)24(47)27(15(8-39)52-30)55-31-18(34-10(2)41)23(46)26(14(7-38)51-31)53-29-17(32-4)21(44)20(43)12(5-36)50-29/h12-32,36-39,43-48H,5-8H2,1-4H3,(H,33,40)(H,34,41)(H,35,42)/t12-,13-,14+,15-,16-,17-,18-,19-,20-,21?,22?,23?,24?,25-,26-,27-,28-,29+,30+,31+/m1/s1. The van der Waals surface area contributed by atoms with E-state index in [0.717, 1.165) is 20.8 Å². The third-order valence-electron chi connectivity index (χ3n) is 9.78. The molecule has 4 aliphatic rings. The van der Waals surface area contributed by atoms with Gasteiger partial charge in [0.25, 0.3) is 0 Å². The smallest absolute Gasteiger partial charge is 0.217 e. The number of carbonyl (C=O) groups is 3. The average Bonchev–Trinajstić information content (AvgIpc) is 3.13. The normalized spacial score (nSPS) is 45.1. The van der Waals surface area contributed by atoms with Crippen LogP contribution in [0.25, 0.3) is 0 Å². The van der Waals surface area contributed by atoms with Gasteiger partial charge in [0.2, 0.25) is 17.7 Å². The van der Waals surface area contributed by atoms with E-state index in [-0.39, 0.29) is 0 Å². The zero-order valence-electron chi connectivity index (χ0n) is 30.4. The summed E-state index contributed by atoms with van der Waals surface area (Å²) in [6.45, 7) is 0.0441. The fourth-order valence-electron chi connectivity index (χ4n) is 7.09. The van der Waals surface area contributed by atoms with E-state index in [1.54, 1.807) is 0 Å². The van der Waals surface area contributed by atoms with Crippen LogP contribution in [-0.4, -0.2) is 225 Å². The van der Waals surface area contributed by atoms with Gasteiger partial charge in [-0.1, -0.05) is 0 Å². The Morgan fingerprint density at radius 3 is 1.16 bits per heavy atom. The molecule has 4 fully saturated rings. The van der Waals surface area contributed by atoms with Crippen LogP contribution >= 0.6 is 0 Å². The highest BCUT2D eigenvalue weighted by atomic mass is 16.8. The lowest BCUT2D eigenvalue weighted by Gasteiger charge is -2.51. The molecule has 0 radical (unpaired) electrons. The van der Waals surface area contributed by atoms with E-state index in [1.807, 2.05) is 0 Å². The zero-order valence-corrected chi connectivity index (χ0v) is 30.4. The Morgan fingerprint density at radius 2 is 0.800 bits per heavy atom. The molecule has 4 saturated heterocycles. The van der Waals surface area contributed by atoms with Gasteiger partial charge in [-0.05, 0) is 7.05 Å². The second kappa shape index (κ2) is 19.9. The molecule has 24 nitrogen and oxygen atoms in total. The third kappa shape index (κ3) is 10.2. The van der Waals surface area contributed by atoms with Crippen LogP contribution in [0, 0.1) is 0 Å². The second-order valence-electron chi connectivity index (χ2n) is 13.7. The molecule has 0 bridgehead atoms. The van der Waals surface area contributed by atoms with Crippen LogP contribution in [0.2, 0.25) is 0 Å². The van der Waals surface area contributed by atoms with Crippen molar-refractivity contribution in [1.82, 2.24) is 21.3 Å². The van der Waals surface area contributed by atoms with Crippen molar-refractivity contribution < 1.29 is 98.6 Å². The van der Waals surface area contributed by atoms with Crippen LogP contribution in [0.15, 0.2) is 0 Å². The molecule has 3 amide bonds. The molecule has 0 aromatic rings. The number of ether oxygens (including phenoxy) is 7. The molecule has 4 aliphatic heterocycles. The largest absolute Gasteiger partial charge is 0.394 e. The first kappa shape index (κ1) is 45.4. The molecule has 24 heteroatoms. The number of amides is 3. The molecule has 4 heterocycles. The first-order valence-corrected chi connectivity index (χ1v) is 17.6. The SMILES string of the molecule is CN[C@@H]1C(O)[C@H](O)[C@@H](CO)O[C@H]1O[C@H]1C(O)[C@@H](NC(C)=O)[C@H](O[C@H]2C(O)[C@@H](NC(C)=O)[C@H](O[C@H]3C(O)[C@@H](NC(C)=O)[C@H](O)O[C@@H]3CO)O[C@@H]2CO)O[C@H]1CO. The van der Waals surface area contributed by atoms with Gasteiger partial charge in [-0.15, -0.1) is 0 Å². The highest BCUT2D eigenvalue weighted by Gasteiger charge is 2.56. The summed E-state index contributed by atoms with van der Waals surface area (Å²) in [7, 11) is 1.42. The van der Waals surface area contributed by atoms with Crippen molar-refractivity contribution in [3.05, 3.63) is 0 Å². The fourth-order valence-corrected chi connectivity index (χ4v) is 7.09. The van der Waals surface area contributed by atoms with Gasteiger partial charge in [0.15, 0.2) is 25.2 Å². The second-order valence-corrected chi connectivity index (χ2v) is 13.7. The summed E-state index contributed by atoms with van der Waals surface area (Å²) in [6.07, 6.45) is -25.6. The number of hydrogen-bond acceptors (Lipinski definition) is 21. The molecule has 55 heavy (non-hydrogen) atoms. The molecule has 0 spiro atoms. The molecule has 4 unspecified atom stereocenters. The van der Waals surface area contributed by atoms with Crippen molar-refractivity contribution in [3.63, 3.8) is 0 Å². The monoisotopic (exact) mass is 802 g/mol. The van der Waals surface area contributed by atoms with Crippen molar-refractivity contribution in [2.75, 3.05) is 33.5 Å². The van der Waals surface area contributed by atoms with E-state index >= 15 is 0 Å².